The van der Waals surface area contributed by atoms with Crippen molar-refractivity contribution >= 4 is 33.4 Å². The van der Waals surface area contributed by atoms with Crippen molar-refractivity contribution in [3.05, 3.63) is 28.3 Å². The van der Waals surface area contributed by atoms with Crippen molar-refractivity contribution in [2.24, 2.45) is 11.7 Å². The Labute approximate surface area is 145 Å². The maximum atomic E-state index is 12.8. The van der Waals surface area contributed by atoms with Crippen molar-refractivity contribution in [2.45, 2.75) is 25.9 Å². The number of pyridine rings is 1. The summed E-state index contributed by atoms with van der Waals surface area (Å²) in [5.41, 5.74) is 4.94. The van der Waals surface area contributed by atoms with Crippen LogP contribution in [0.5, 0.6) is 0 Å². The molecule has 0 atom stereocenters. The molecule has 1 aliphatic heterocycles. The number of aryl methyl sites for hydroxylation is 1. The monoisotopic (exact) mass is 371 g/mol. The molecular formula is C16H16F3N3O2S. The Morgan fingerprint density at radius 2 is 1.92 bits per heavy atom. The van der Waals surface area contributed by atoms with E-state index in [9.17, 15) is 22.8 Å². The molecule has 2 amide bonds. The number of carbonyl (C=O) groups is 2. The van der Waals surface area contributed by atoms with Crippen LogP contribution in [0.2, 0.25) is 0 Å². The van der Waals surface area contributed by atoms with Crippen LogP contribution in [0.4, 0.5) is 13.2 Å². The van der Waals surface area contributed by atoms with E-state index in [1.807, 2.05) is 0 Å². The third kappa shape index (κ3) is 3.33. The number of rotatable bonds is 2. The molecule has 25 heavy (non-hydrogen) atoms. The third-order valence-electron chi connectivity index (χ3n) is 4.47. The minimum atomic E-state index is -4.52. The van der Waals surface area contributed by atoms with E-state index in [2.05, 4.69) is 4.98 Å². The predicted octanol–water partition coefficient (Wildman–Crippen LogP) is 2.96. The van der Waals surface area contributed by atoms with Gasteiger partial charge in [0.15, 0.2) is 0 Å². The molecule has 9 heteroatoms. The van der Waals surface area contributed by atoms with E-state index in [4.69, 9.17) is 5.73 Å². The summed E-state index contributed by atoms with van der Waals surface area (Å²) in [5.74, 6) is -0.838. The number of thiophene rings is 1. The first-order valence-electron chi connectivity index (χ1n) is 7.74. The smallest absolute Gasteiger partial charge is 0.369 e. The minimum absolute atomic E-state index is 0.197. The number of hydrogen-bond acceptors (Lipinski definition) is 4. The maximum absolute atomic E-state index is 12.8. The van der Waals surface area contributed by atoms with Crippen molar-refractivity contribution in [3.8, 4) is 0 Å². The molecule has 0 saturated carbocycles. The second kappa shape index (κ2) is 6.29. The van der Waals surface area contributed by atoms with Gasteiger partial charge in [-0.25, -0.2) is 4.98 Å². The fraction of sp³-hybridized carbons (Fsp3) is 0.438. The Hall–Kier alpha value is -2.16. The first-order valence-corrected chi connectivity index (χ1v) is 8.56. The highest BCUT2D eigenvalue weighted by molar-refractivity contribution is 7.20. The molecule has 0 bridgehead atoms. The van der Waals surface area contributed by atoms with E-state index >= 15 is 0 Å². The van der Waals surface area contributed by atoms with Gasteiger partial charge in [0.1, 0.15) is 10.5 Å². The maximum Gasteiger partial charge on any atom is 0.433 e. The number of carbonyl (C=O) groups excluding carboxylic acids is 2. The van der Waals surface area contributed by atoms with Crippen molar-refractivity contribution in [1.29, 1.82) is 0 Å². The van der Waals surface area contributed by atoms with Gasteiger partial charge in [-0.1, -0.05) is 0 Å². The van der Waals surface area contributed by atoms with E-state index in [0.717, 1.165) is 17.4 Å². The standard InChI is InChI=1S/C16H16F3N3O2S/c1-8-10-2-3-11(16(17,18)19)21-14(10)25-12(8)15(24)22-6-4-9(5-7-22)13(20)23/h2-3,9H,4-7H2,1H3,(H2,20,23). The second-order valence-electron chi connectivity index (χ2n) is 6.07. The van der Waals surface area contributed by atoms with Crippen LogP contribution < -0.4 is 5.73 Å². The van der Waals surface area contributed by atoms with E-state index < -0.39 is 11.9 Å². The lowest BCUT2D eigenvalue weighted by molar-refractivity contribution is -0.140. The number of hydrogen-bond donors (Lipinski definition) is 1. The lowest BCUT2D eigenvalue weighted by Crippen LogP contribution is -2.41. The molecule has 0 aliphatic carbocycles. The Balaban J connectivity index is 1.87. The van der Waals surface area contributed by atoms with Crippen molar-refractivity contribution in [2.75, 3.05) is 13.1 Å². The zero-order chi connectivity index (χ0) is 18.4. The van der Waals surface area contributed by atoms with E-state index in [0.29, 0.717) is 41.8 Å². The molecular weight excluding hydrogens is 355 g/mol. The van der Waals surface area contributed by atoms with E-state index in [1.54, 1.807) is 11.8 Å². The molecule has 2 aromatic heterocycles. The molecule has 134 valence electrons. The number of fused-ring (bicyclic) bond motifs is 1. The summed E-state index contributed by atoms with van der Waals surface area (Å²) in [5, 5.41) is 0.549. The molecule has 0 aromatic carbocycles. The highest BCUT2D eigenvalue weighted by atomic mass is 32.1. The molecule has 0 spiro atoms. The highest BCUT2D eigenvalue weighted by Crippen LogP contribution is 2.35. The van der Waals surface area contributed by atoms with Gasteiger partial charge < -0.3 is 10.6 Å². The average Bonchev–Trinajstić information content (AvgIpc) is 2.90. The predicted molar refractivity (Wildman–Crippen MR) is 87.2 cm³/mol. The molecule has 1 saturated heterocycles. The number of likely N-dealkylation sites (tertiary alicyclic amines) is 1. The first kappa shape index (κ1) is 17.7. The van der Waals surface area contributed by atoms with Crippen LogP contribution in [0.25, 0.3) is 10.2 Å². The van der Waals surface area contributed by atoms with Crippen LogP contribution in [0, 0.1) is 12.8 Å². The quantitative estimate of drug-likeness (QED) is 0.882. The lowest BCUT2D eigenvalue weighted by Gasteiger charge is -2.30. The van der Waals surface area contributed by atoms with E-state index in [1.165, 1.54) is 6.07 Å². The highest BCUT2D eigenvalue weighted by Gasteiger charge is 2.33. The van der Waals surface area contributed by atoms with Crippen LogP contribution in [-0.4, -0.2) is 34.8 Å². The summed E-state index contributed by atoms with van der Waals surface area (Å²) in [4.78, 5) is 29.8. The minimum Gasteiger partial charge on any atom is -0.369 e. The third-order valence-corrected chi connectivity index (χ3v) is 5.66. The summed E-state index contributed by atoms with van der Waals surface area (Å²) in [6.45, 7) is 2.51. The number of amides is 2. The first-order chi connectivity index (χ1) is 11.7. The molecule has 0 unspecified atom stereocenters. The normalized spacial score (nSPS) is 16.4. The molecule has 1 fully saturated rings. The van der Waals surface area contributed by atoms with Gasteiger partial charge in [0.05, 0.1) is 4.88 Å². The lowest BCUT2D eigenvalue weighted by atomic mass is 9.96. The Kier molecular flexibility index (Phi) is 4.44. The van der Waals surface area contributed by atoms with Gasteiger partial charge in [0.25, 0.3) is 5.91 Å². The van der Waals surface area contributed by atoms with Crippen molar-refractivity contribution in [1.82, 2.24) is 9.88 Å². The van der Waals surface area contributed by atoms with Crippen molar-refractivity contribution < 1.29 is 22.8 Å². The van der Waals surface area contributed by atoms with Crippen LogP contribution in [0.1, 0.15) is 33.8 Å². The zero-order valence-corrected chi connectivity index (χ0v) is 14.2. The number of piperidine rings is 1. The van der Waals surface area contributed by atoms with Gasteiger partial charge in [-0.2, -0.15) is 13.2 Å². The molecule has 3 rings (SSSR count). The SMILES string of the molecule is Cc1c(C(=O)N2CCC(C(N)=O)CC2)sc2nc(C(F)(F)F)ccc12. The van der Waals surface area contributed by atoms with Gasteiger partial charge in [0.2, 0.25) is 5.91 Å². The van der Waals surface area contributed by atoms with Crippen LogP contribution in [0.3, 0.4) is 0 Å². The second-order valence-corrected chi connectivity index (χ2v) is 7.07. The van der Waals surface area contributed by atoms with Crippen LogP contribution in [-0.2, 0) is 11.0 Å². The van der Waals surface area contributed by atoms with Gasteiger partial charge in [-0.05, 0) is 37.5 Å². The Morgan fingerprint density at radius 3 is 2.48 bits per heavy atom. The molecule has 3 heterocycles. The number of aromatic nitrogens is 1. The van der Waals surface area contributed by atoms with Gasteiger partial charge in [0, 0.05) is 24.4 Å². The number of alkyl halides is 3. The fourth-order valence-electron chi connectivity index (χ4n) is 2.97. The van der Waals surface area contributed by atoms with Crippen LogP contribution in [0.15, 0.2) is 12.1 Å². The Bertz CT molecular complexity index is 839. The van der Waals surface area contributed by atoms with Gasteiger partial charge in [-0.3, -0.25) is 9.59 Å². The molecule has 1 aliphatic rings. The number of halogens is 3. The molecule has 2 aromatic rings. The number of primary amides is 1. The largest absolute Gasteiger partial charge is 0.433 e. The topological polar surface area (TPSA) is 76.3 Å². The number of nitrogens with zero attached hydrogens (tertiary/aromatic N) is 2. The Morgan fingerprint density at radius 1 is 1.28 bits per heavy atom. The van der Waals surface area contributed by atoms with Crippen molar-refractivity contribution in [3.63, 3.8) is 0 Å². The molecule has 2 N–H and O–H groups in total. The fourth-order valence-corrected chi connectivity index (χ4v) is 4.12. The summed E-state index contributed by atoms with van der Waals surface area (Å²) in [6.07, 6.45) is -3.52. The average molecular weight is 371 g/mol. The number of nitrogens with two attached hydrogens (primary N) is 1. The van der Waals surface area contributed by atoms with Gasteiger partial charge in [-0.15, -0.1) is 11.3 Å². The summed E-state index contributed by atoms with van der Waals surface area (Å²) < 4.78 is 38.4. The van der Waals surface area contributed by atoms with E-state index in [-0.39, 0.29) is 22.6 Å². The summed E-state index contributed by atoms with van der Waals surface area (Å²) in [6, 6.07) is 2.28. The van der Waals surface area contributed by atoms with Crippen LogP contribution >= 0.6 is 11.3 Å². The zero-order valence-electron chi connectivity index (χ0n) is 13.4. The van der Waals surface area contributed by atoms with Gasteiger partial charge >= 0.3 is 6.18 Å². The summed E-state index contributed by atoms with van der Waals surface area (Å²) in [7, 11) is 0. The molecule has 5 nitrogen and oxygen atoms in total. The summed E-state index contributed by atoms with van der Waals surface area (Å²) >= 11 is 0.969. The molecule has 0 radical (unpaired) electrons.